The van der Waals surface area contributed by atoms with Crippen molar-refractivity contribution in [3.8, 4) is 23.7 Å². The Morgan fingerprint density at radius 1 is 0.667 bits per heavy atom. The summed E-state index contributed by atoms with van der Waals surface area (Å²) in [6.07, 6.45) is 13.5. The van der Waals surface area contributed by atoms with Crippen molar-refractivity contribution in [3.63, 3.8) is 0 Å². The van der Waals surface area contributed by atoms with E-state index in [1.807, 2.05) is 12.1 Å². The molecule has 0 radical (unpaired) electrons. The van der Waals surface area contributed by atoms with Gasteiger partial charge in [0.05, 0.1) is 0 Å². The maximum Gasteiger partial charge on any atom is 0.0249 e. The molecule has 1 fully saturated rings. The quantitative estimate of drug-likeness (QED) is 0.437. The van der Waals surface area contributed by atoms with E-state index in [4.69, 9.17) is 0 Å². The number of hydrogen-bond donors (Lipinski definition) is 0. The molecule has 0 aliphatic heterocycles. The molecule has 0 heteroatoms. The van der Waals surface area contributed by atoms with Crippen LogP contribution in [0.4, 0.5) is 0 Å². The summed E-state index contributed by atoms with van der Waals surface area (Å²) in [5.74, 6) is 14.8. The molecule has 2 aromatic carbocycles. The van der Waals surface area contributed by atoms with Gasteiger partial charge < -0.3 is 0 Å². The largest absolute Gasteiger partial charge is 0.0982 e. The minimum atomic E-state index is 0.887. The molecule has 0 heterocycles. The maximum absolute atomic E-state index is 3.29. The topological polar surface area (TPSA) is 0 Å². The molecule has 0 atom stereocenters. The van der Waals surface area contributed by atoms with Crippen molar-refractivity contribution in [1.29, 1.82) is 0 Å². The highest BCUT2D eigenvalue weighted by Crippen LogP contribution is 2.34. The average Bonchev–Trinajstić information content (AvgIpc) is 2.80. The molecule has 1 saturated carbocycles. The summed E-state index contributed by atoms with van der Waals surface area (Å²) in [4.78, 5) is 0. The molecule has 0 nitrogen and oxygen atoms in total. The molecule has 0 aromatic heterocycles. The molecule has 0 amide bonds. The molecule has 1 aliphatic rings. The van der Waals surface area contributed by atoms with Crippen LogP contribution in [0.2, 0.25) is 0 Å². The standard InChI is InChI=1S/C30H36/c1-3-5-7-25-9-13-27(14-10-25)17-19-29-21-23-30(24-22-29)20-18-28-15-11-26(12-16-28)8-6-4-2/h11-12,15-16,21-25,27H,3-5,7,9-10,13-14,17,19H2,1-2H3. The van der Waals surface area contributed by atoms with Gasteiger partial charge in [-0.15, -0.1) is 0 Å². The van der Waals surface area contributed by atoms with Gasteiger partial charge >= 0.3 is 0 Å². The van der Waals surface area contributed by atoms with E-state index in [9.17, 15) is 0 Å². The van der Waals surface area contributed by atoms with Crippen LogP contribution in [-0.2, 0) is 6.42 Å². The van der Waals surface area contributed by atoms with Gasteiger partial charge in [-0.05, 0) is 66.6 Å². The molecule has 0 unspecified atom stereocenters. The Labute approximate surface area is 184 Å². The van der Waals surface area contributed by atoms with Crippen molar-refractivity contribution in [1.82, 2.24) is 0 Å². The van der Waals surface area contributed by atoms with E-state index in [0.29, 0.717) is 0 Å². The number of aryl methyl sites for hydroxylation is 1. The Morgan fingerprint density at radius 2 is 1.17 bits per heavy atom. The zero-order valence-electron chi connectivity index (χ0n) is 18.8. The third-order valence-corrected chi connectivity index (χ3v) is 6.37. The summed E-state index contributed by atoms with van der Waals surface area (Å²) in [7, 11) is 0. The van der Waals surface area contributed by atoms with Crippen LogP contribution in [0.3, 0.4) is 0 Å². The van der Waals surface area contributed by atoms with Gasteiger partial charge in [0.25, 0.3) is 0 Å². The minimum Gasteiger partial charge on any atom is -0.0982 e. The van der Waals surface area contributed by atoms with Gasteiger partial charge in [0.15, 0.2) is 0 Å². The lowest BCUT2D eigenvalue weighted by Gasteiger charge is -2.28. The summed E-state index contributed by atoms with van der Waals surface area (Å²) in [6.45, 7) is 4.38. The number of rotatable bonds is 6. The predicted molar refractivity (Wildman–Crippen MR) is 129 cm³/mol. The lowest BCUT2D eigenvalue weighted by molar-refractivity contribution is 0.250. The molecule has 0 N–H and O–H groups in total. The molecule has 30 heavy (non-hydrogen) atoms. The van der Waals surface area contributed by atoms with Crippen molar-refractivity contribution >= 4 is 0 Å². The van der Waals surface area contributed by atoms with Crippen LogP contribution in [0.1, 0.15) is 93.9 Å². The second-order valence-electron chi connectivity index (χ2n) is 8.75. The van der Waals surface area contributed by atoms with E-state index >= 15 is 0 Å². The smallest absolute Gasteiger partial charge is 0.0249 e. The van der Waals surface area contributed by atoms with Crippen LogP contribution in [0.15, 0.2) is 48.5 Å². The van der Waals surface area contributed by atoms with Crippen molar-refractivity contribution in [3.05, 3.63) is 70.8 Å². The van der Waals surface area contributed by atoms with Gasteiger partial charge in [0, 0.05) is 23.1 Å². The number of unbranched alkanes of at least 4 members (excludes halogenated alkanes) is 1. The molecule has 3 rings (SSSR count). The molecule has 0 saturated heterocycles. The van der Waals surface area contributed by atoms with E-state index in [1.54, 1.807) is 0 Å². The van der Waals surface area contributed by atoms with Crippen LogP contribution < -0.4 is 0 Å². The Morgan fingerprint density at radius 3 is 1.70 bits per heavy atom. The zero-order valence-corrected chi connectivity index (χ0v) is 18.8. The van der Waals surface area contributed by atoms with E-state index in [-0.39, 0.29) is 0 Å². The second kappa shape index (κ2) is 12.3. The summed E-state index contributed by atoms with van der Waals surface area (Å²) in [5, 5.41) is 0. The van der Waals surface area contributed by atoms with Gasteiger partial charge in [-0.1, -0.05) is 94.6 Å². The van der Waals surface area contributed by atoms with Gasteiger partial charge in [0.2, 0.25) is 0 Å². The van der Waals surface area contributed by atoms with Crippen LogP contribution in [0.25, 0.3) is 0 Å². The third kappa shape index (κ3) is 7.43. The SMILES string of the molecule is CCC#Cc1ccc(C#Cc2ccc(CCC3CCC(CCCC)CC3)cc2)cc1. The Bertz CT molecular complexity index is 870. The first-order valence-electron chi connectivity index (χ1n) is 12.0. The van der Waals surface area contributed by atoms with Crippen molar-refractivity contribution < 1.29 is 0 Å². The fourth-order valence-electron chi connectivity index (χ4n) is 4.40. The molecule has 0 bridgehead atoms. The van der Waals surface area contributed by atoms with Crippen molar-refractivity contribution in [2.24, 2.45) is 11.8 Å². The Balaban J connectivity index is 1.45. The lowest BCUT2D eigenvalue weighted by Crippen LogP contribution is -2.15. The molecule has 2 aromatic rings. The summed E-state index contributed by atoms with van der Waals surface area (Å²) >= 11 is 0. The first-order chi connectivity index (χ1) is 14.8. The van der Waals surface area contributed by atoms with Gasteiger partial charge in [-0.3, -0.25) is 0 Å². The highest BCUT2D eigenvalue weighted by molar-refractivity contribution is 5.46. The number of benzene rings is 2. The van der Waals surface area contributed by atoms with E-state index < -0.39 is 0 Å². The fraction of sp³-hybridized carbons (Fsp3) is 0.467. The van der Waals surface area contributed by atoms with Crippen molar-refractivity contribution in [2.45, 2.75) is 78.1 Å². The van der Waals surface area contributed by atoms with Gasteiger partial charge in [-0.25, -0.2) is 0 Å². The van der Waals surface area contributed by atoms with Crippen LogP contribution in [-0.4, -0.2) is 0 Å². The summed E-state index contributed by atoms with van der Waals surface area (Å²) < 4.78 is 0. The Hall–Kier alpha value is -2.44. The fourth-order valence-corrected chi connectivity index (χ4v) is 4.40. The first kappa shape index (κ1) is 22.2. The first-order valence-corrected chi connectivity index (χ1v) is 12.0. The van der Waals surface area contributed by atoms with Crippen LogP contribution in [0.5, 0.6) is 0 Å². The Kier molecular flexibility index (Phi) is 9.12. The number of hydrogen-bond acceptors (Lipinski definition) is 0. The second-order valence-corrected chi connectivity index (χ2v) is 8.75. The van der Waals surface area contributed by atoms with Crippen LogP contribution >= 0.6 is 0 Å². The molecule has 156 valence electrons. The third-order valence-electron chi connectivity index (χ3n) is 6.37. The molecule has 1 aliphatic carbocycles. The zero-order chi connectivity index (χ0) is 21.0. The van der Waals surface area contributed by atoms with E-state index in [0.717, 1.165) is 34.9 Å². The summed E-state index contributed by atoms with van der Waals surface area (Å²) in [5.41, 5.74) is 4.63. The van der Waals surface area contributed by atoms with Crippen molar-refractivity contribution in [2.75, 3.05) is 0 Å². The molecule has 0 spiro atoms. The van der Waals surface area contributed by atoms with E-state index in [1.165, 1.54) is 63.4 Å². The lowest BCUT2D eigenvalue weighted by atomic mass is 9.78. The minimum absolute atomic E-state index is 0.887. The average molecular weight is 397 g/mol. The molecular formula is C30H36. The normalized spacial score (nSPS) is 18.1. The van der Waals surface area contributed by atoms with Gasteiger partial charge in [0.1, 0.15) is 0 Å². The highest BCUT2D eigenvalue weighted by Gasteiger charge is 2.20. The molecular weight excluding hydrogens is 360 g/mol. The van der Waals surface area contributed by atoms with Crippen LogP contribution in [0, 0.1) is 35.5 Å². The highest BCUT2D eigenvalue weighted by atomic mass is 14.3. The maximum atomic E-state index is 3.29. The van der Waals surface area contributed by atoms with Gasteiger partial charge in [-0.2, -0.15) is 0 Å². The van der Waals surface area contributed by atoms with E-state index in [2.05, 4.69) is 73.9 Å². The summed E-state index contributed by atoms with van der Waals surface area (Å²) in [6, 6.07) is 17.1. The predicted octanol–water partition coefficient (Wildman–Crippen LogP) is 7.78. The monoisotopic (exact) mass is 396 g/mol.